The molecule has 2 heterocycles. The summed E-state index contributed by atoms with van der Waals surface area (Å²) in [6, 6.07) is 14.7. The fourth-order valence-corrected chi connectivity index (χ4v) is 4.74. The molecule has 0 bridgehead atoms. The van der Waals surface area contributed by atoms with Gasteiger partial charge < -0.3 is 4.90 Å². The van der Waals surface area contributed by atoms with Crippen LogP contribution in [0.5, 0.6) is 0 Å². The van der Waals surface area contributed by atoms with E-state index in [1.165, 1.54) is 19.3 Å². The van der Waals surface area contributed by atoms with Gasteiger partial charge in [-0.05, 0) is 54.7 Å². The van der Waals surface area contributed by atoms with Crippen LogP contribution >= 0.6 is 0 Å². The molecular weight excluding hydrogens is 322 g/mol. The van der Waals surface area contributed by atoms with E-state index in [-0.39, 0.29) is 5.41 Å². The number of amides is 1. The molecular formula is C22H23N3O. The highest BCUT2D eigenvalue weighted by Gasteiger charge is 2.47. The molecule has 5 rings (SSSR count). The quantitative estimate of drug-likeness (QED) is 0.717. The van der Waals surface area contributed by atoms with Crippen molar-refractivity contribution in [1.29, 1.82) is 0 Å². The first-order valence-corrected chi connectivity index (χ1v) is 9.61. The van der Waals surface area contributed by atoms with Crippen molar-refractivity contribution in [2.45, 2.75) is 38.5 Å². The molecule has 1 spiro atoms. The van der Waals surface area contributed by atoms with Crippen LogP contribution in [0.2, 0.25) is 0 Å². The zero-order chi connectivity index (χ0) is 17.6. The second-order valence-corrected chi connectivity index (χ2v) is 7.77. The van der Waals surface area contributed by atoms with Crippen molar-refractivity contribution in [3.63, 3.8) is 0 Å². The van der Waals surface area contributed by atoms with Crippen LogP contribution < -0.4 is 4.90 Å². The molecule has 1 aliphatic heterocycles. The molecule has 26 heavy (non-hydrogen) atoms. The van der Waals surface area contributed by atoms with Gasteiger partial charge in [0.1, 0.15) is 0 Å². The Balaban J connectivity index is 1.47. The molecule has 4 nitrogen and oxygen atoms in total. The largest absolute Gasteiger partial charge is 0.312 e. The van der Waals surface area contributed by atoms with Gasteiger partial charge in [-0.2, -0.15) is 5.10 Å². The minimum absolute atomic E-state index is 0.0794. The molecule has 1 aliphatic carbocycles. The number of hydrogen-bond acceptors (Lipinski definition) is 2. The highest BCUT2D eigenvalue weighted by Crippen LogP contribution is 2.46. The van der Waals surface area contributed by atoms with Crippen molar-refractivity contribution in [1.82, 2.24) is 10.2 Å². The van der Waals surface area contributed by atoms with Gasteiger partial charge in [-0.3, -0.25) is 9.89 Å². The second-order valence-electron chi connectivity index (χ2n) is 7.77. The van der Waals surface area contributed by atoms with E-state index < -0.39 is 0 Å². The van der Waals surface area contributed by atoms with Crippen molar-refractivity contribution >= 4 is 22.5 Å². The third kappa shape index (κ3) is 2.44. The molecule has 1 saturated heterocycles. The summed E-state index contributed by atoms with van der Waals surface area (Å²) in [4.78, 5) is 15.2. The minimum Gasteiger partial charge on any atom is -0.312 e. The Morgan fingerprint density at radius 2 is 1.81 bits per heavy atom. The lowest BCUT2D eigenvalue weighted by Gasteiger charge is -2.31. The third-order valence-corrected chi connectivity index (χ3v) is 6.25. The molecule has 2 aliphatic rings. The summed E-state index contributed by atoms with van der Waals surface area (Å²) >= 11 is 0. The van der Waals surface area contributed by atoms with E-state index in [4.69, 9.17) is 0 Å². The first kappa shape index (κ1) is 15.6. The molecule has 3 aromatic rings. The lowest BCUT2D eigenvalue weighted by Crippen LogP contribution is -2.36. The number of fused-ring (bicyclic) bond motifs is 1. The summed E-state index contributed by atoms with van der Waals surface area (Å²) in [5.41, 5.74) is 4.29. The fraction of sp³-hybridized carbons (Fsp3) is 0.364. The van der Waals surface area contributed by atoms with E-state index in [9.17, 15) is 4.79 Å². The molecule has 1 N–H and O–H groups in total. The fourth-order valence-electron chi connectivity index (χ4n) is 4.74. The van der Waals surface area contributed by atoms with E-state index in [0.717, 1.165) is 53.5 Å². The number of hydrogen-bond donors (Lipinski definition) is 1. The Kier molecular flexibility index (Phi) is 3.59. The number of benzene rings is 2. The zero-order valence-corrected chi connectivity index (χ0v) is 14.9. The summed E-state index contributed by atoms with van der Waals surface area (Å²) in [5, 5.41) is 8.19. The number of nitrogens with one attached hydrogen (secondary N) is 1. The van der Waals surface area contributed by atoms with Crippen LogP contribution in [0.15, 0.2) is 48.7 Å². The van der Waals surface area contributed by atoms with Crippen molar-refractivity contribution < 1.29 is 4.79 Å². The first-order chi connectivity index (χ1) is 12.8. The first-order valence-electron chi connectivity index (χ1n) is 9.61. The zero-order valence-electron chi connectivity index (χ0n) is 14.9. The molecule has 4 heteroatoms. The number of nitrogens with zero attached hydrogens (tertiary/aromatic N) is 2. The van der Waals surface area contributed by atoms with Gasteiger partial charge in [-0.25, -0.2) is 0 Å². The van der Waals surface area contributed by atoms with Crippen molar-refractivity contribution in [3.05, 3.63) is 48.7 Å². The van der Waals surface area contributed by atoms with Gasteiger partial charge in [0.05, 0.1) is 17.1 Å². The smallest absolute Gasteiger partial charge is 0.233 e. The van der Waals surface area contributed by atoms with Gasteiger partial charge in [0.25, 0.3) is 0 Å². The predicted molar refractivity (Wildman–Crippen MR) is 104 cm³/mol. The van der Waals surface area contributed by atoms with Crippen molar-refractivity contribution in [2.24, 2.45) is 5.41 Å². The van der Waals surface area contributed by atoms with Gasteiger partial charge in [0.15, 0.2) is 0 Å². The maximum atomic E-state index is 13.2. The lowest BCUT2D eigenvalue weighted by molar-refractivity contribution is -0.127. The average Bonchev–Trinajstić information content (AvgIpc) is 3.28. The molecule has 1 saturated carbocycles. The van der Waals surface area contributed by atoms with Crippen LogP contribution in [-0.2, 0) is 4.79 Å². The predicted octanol–water partition coefficient (Wildman–Crippen LogP) is 4.92. The van der Waals surface area contributed by atoms with E-state index in [1.54, 1.807) is 0 Å². The monoisotopic (exact) mass is 345 g/mol. The molecule has 0 radical (unpaired) electrons. The maximum Gasteiger partial charge on any atom is 0.233 e. The third-order valence-electron chi connectivity index (χ3n) is 6.25. The number of rotatable bonds is 2. The number of aromatic nitrogens is 2. The number of carbonyl (C=O) groups excluding carboxylic acids is 1. The van der Waals surface area contributed by atoms with E-state index in [2.05, 4.69) is 52.7 Å². The molecule has 1 aromatic heterocycles. The summed E-state index contributed by atoms with van der Waals surface area (Å²) in [6.07, 6.45) is 8.67. The average molecular weight is 345 g/mol. The van der Waals surface area contributed by atoms with Crippen molar-refractivity contribution in [3.8, 4) is 11.1 Å². The number of H-pyrrole nitrogens is 1. The minimum atomic E-state index is -0.0794. The van der Waals surface area contributed by atoms with Gasteiger partial charge in [-0.15, -0.1) is 0 Å². The number of aromatic amines is 1. The summed E-state index contributed by atoms with van der Waals surface area (Å²) in [5.74, 6) is 0.347. The highest BCUT2D eigenvalue weighted by atomic mass is 16.2. The maximum absolute atomic E-state index is 13.2. The van der Waals surface area contributed by atoms with Gasteiger partial charge in [0.2, 0.25) is 5.91 Å². The van der Waals surface area contributed by atoms with Crippen LogP contribution in [0, 0.1) is 5.41 Å². The topological polar surface area (TPSA) is 49.0 Å². The molecule has 1 amide bonds. The summed E-state index contributed by atoms with van der Waals surface area (Å²) < 4.78 is 0. The number of carbonyl (C=O) groups is 1. The van der Waals surface area contributed by atoms with Gasteiger partial charge >= 0.3 is 0 Å². The lowest BCUT2D eigenvalue weighted by atomic mass is 9.73. The molecule has 132 valence electrons. The highest BCUT2D eigenvalue weighted by molar-refractivity contribution is 6.00. The molecule has 0 atom stereocenters. The van der Waals surface area contributed by atoms with Crippen molar-refractivity contribution in [2.75, 3.05) is 11.4 Å². The second kappa shape index (κ2) is 5.97. The Hall–Kier alpha value is -2.62. The van der Waals surface area contributed by atoms with Crippen LogP contribution in [-0.4, -0.2) is 22.6 Å². The van der Waals surface area contributed by atoms with Crippen LogP contribution in [0.1, 0.15) is 38.5 Å². The van der Waals surface area contributed by atoms with Gasteiger partial charge in [0, 0.05) is 17.6 Å². The molecule has 2 fully saturated rings. The van der Waals surface area contributed by atoms with Gasteiger partial charge in [-0.1, -0.05) is 37.5 Å². The van der Waals surface area contributed by atoms with Crippen LogP contribution in [0.4, 0.5) is 5.69 Å². The van der Waals surface area contributed by atoms with E-state index in [0.29, 0.717) is 5.91 Å². The number of anilines is 1. The Morgan fingerprint density at radius 1 is 0.962 bits per heavy atom. The summed E-state index contributed by atoms with van der Waals surface area (Å²) in [6.45, 7) is 0.850. The molecule has 2 aromatic carbocycles. The summed E-state index contributed by atoms with van der Waals surface area (Å²) in [7, 11) is 0. The Morgan fingerprint density at radius 3 is 2.69 bits per heavy atom. The standard InChI is InChI=1S/C22H23N3O/c26-21-22(9-2-1-3-10-22)11-12-25(21)19-6-4-5-16(14-19)17-7-8-20-18(13-17)15-23-24-20/h4-8,13-15H,1-3,9-12H2,(H,23,24). The SMILES string of the molecule is O=C1N(c2cccc(-c3ccc4[nH]ncc4c3)c2)CCC12CCCCC2. The Labute approximate surface area is 153 Å². The molecule has 0 unspecified atom stereocenters. The Bertz CT molecular complexity index is 968. The van der Waals surface area contributed by atoms with Crippen LogP contribution in [0.3, 0.4) is 0 Å². The van der Waals surface area contributed by atoms with E-state index >= 15 is 0 Å². The van der Waals surface area contributed by atoms with E-state index in [1.807, 2.05) is 11.1 Å². The van der Waals surface area contributed by atoms with Crippen LogP contribution in [0.25, 0.3) is 22.0 Å². The normalized spacial score (nSPS) is 19.5.